The number of ether oxygens (including phenoxy) is 1. The second kappa shape index (κ2) is 6.03. The number of rotatable bonds is 1. The van der Waals surface area contributed by atoms with Gasteiger partial charge in [-0.1, -0.05) is 13.8 Å². The highest BCUT2D eigenvalue weighted by Crippen LogP contribution is 2.23. The summed E-state index contributed by atoms with van der Waals surface area (Å²) in [7, 11) is 0. The molecule has 2 saturated heterocycles. The molecule has 2 aliphatic heterocycles. The lowest BCUT2D eigenvalue weighted by Gasteiger charge is -2.32. The molecule has 2 aliphatic rings. The molecule has 2 unspecified atom stereocenters. The summed E-state index contributed by atoms with van der Waals surface area (Å²) < 4.78 is 5.51. The van der Waals surface area contributed by atoms with Crippen LogP contribution in [0.5, 0.6) is 0 Å². The molecule has 100 valence electrons. The van der Waals surface area contributed by atoms with Gasteiger partial charge in [0, 0.05) is 19.6 Å². The van der Waals surface area contributed by atoms with Crippen molar-refractivity contribution in [1.29, 1.82) is 0 Å². The van der Waals surface area contributed by atoms with Crippen molar-refractivity contribution in [3.8, 4) is 0 Å². The van der Waals surface area contributed by atoms with Crippen LogP contribution < -0.4 is 5.32 Å². The van der Waals surface area contributed by atoms with E-state index in [1.807, 2.05) is 11.8 Å². The lowest BCUT2D eigenvalue weighted by atomic mass is 10.0. The van der Waals surface area contributed by atoms with Gasteiger partial charge in [-0.3, -0.25) is 4.79 Å². The molecule has 1 N–H and O–H groups in total. The summed E-state index contributed by atoms with van der Waals surface area (Å²) in [5.74, 6) is 1.44. The predicted molar refractivity (Wildman–Crippen MR) is 69.4 cm³/mol. The van der Waals surface area contributed by atoms with Crippen molar-refractivity contribution < 1.29 is 9.53 Å². The number of likely N-dealkylation sites (tertiary alicyclic amines) is 1. The predicted octanol–water partition coefficient (Wildman–Crippen LogP) is 0.899. The van der Waals surface area contributed by atoms with Gasteiger partial charge >= 0.3 is 0 Å². The largest absolute Gasteiger partial charge is 0.375 e. The summed E-state index contributed by atoms with van der Waals surface area (Å²) >= 11 is 0. The van der Waals surface area contributed by atoms with Crippen LogP contribution in [0, 0.1) is 11.8 Å². The molecule has 0 aromatic rings. The van der Waals surface area contributed by atoms with E-state index in [1.165, 1.54) is 0 Å². The zero-order valence-electron chi connectivity index (χ0n) is 10.8. The van der Waals surface area contributed by atoms with Gasteiger partial charge < -0.3 is 15.0 Å². The Labute approximate surface area is 109 Å². The minimum atomic E-state index is -0.147. The van der Waals surface area contributed by atoms with Crippen LogP contribution in [0.2, 0.25) is 0 Å². The number of carbonyl (C=O) groups is 1. The smallest absolute Gasteiger partial charge is 0.242 e. The maximum absolute atomic E-state index is 12.3. The Morgan fingerprint density at radius 1 is 1.24 bits per heavy atom. The molecular formula is C12H23ClN2O2. The SMILES string of the molecule is CC1CN(C(=O)[C@H]2NCCO[C@@H]2C)CC1C.Cl. The second-order valence-electron chi connectivity index (χ2n) is 5.21. The first-order valence-corrected chi connectivity index (χ1v) is 6.23. The van der Waals surface area contributed by atoms with Gasteiger partial charge in [-0.2, -0.15) is 0 Å². The second-order valence-corrected chi connectivity index (χ2v) is 5.21. The highest BCUT2D eigenvalue weighted by Gasteiger charge is 2.36. The standard InChI is InChI=1S/C12H22N2O2.ClH/c1-8-6-14(7-9(8)2)12(15)11-10(3)16-5-4-13-11;/h8-11,13H,4-7H2,1-3H3;1H/t8?,9?,10-,11+;/m1./s1. The Morgan fingerprint density at radius 2 is 1.82 bits per heavy atom. The van der Waals surface area contributed by atoms with E-state index in [-0.39, 0.29) is 30.5 Å². The normalized spacial score (nSPS) is 37.7. The van der Waals surface area contributed by atoms with E-state index in [1.54, 1.807) is 0 Å². The highest BCUT2D eigenvalue weighted by molar-refractivity contribution is 5.85. The quantitative estimate of drug-likeness (QED) is 0.764. The lowest BCUT2D eigenvalue weighted by molar-refractivity contribution is -0.138. The number of nitrogens with one attached hydrogen (secondary N) is 1. The van der Waals surface area contributed by atoms with Crippen molar-refractivity contribution in [3.63, 3.8) is 0 Å². The highest BCUT2D eigenvalue weighted by atomic mass is 35.5. The van der Waals surface area contributed by atoms with Gasteiger partial charge in [-0.15, -0.1) is 12.4 Å². The molecule has 5 heteroatoms. The monoisotopic (exact) mass is 262 g/mol. The Kier molecular flexibility index (Phi) is 5.22. The van der Waals surface area contributed by atoms with E-state index < -0.39 is 0 Å². The fraction of sp³-hybridized carbons (Fsp3) is 0.917. The zero-order chi connectivity index (χ0) is 11.7. The van der Waals surface area contributed by atoms with Gasteiger partial charge in [0.15, 0.2) is 0 Å². The molecule has 0 spiro atoms. The fourth-order valence-corrected chi connectivity index (χ4v) is 2.52. The Bertz CT molecular complexity index is 265. The summed E-state index contributed by atoms with van der Waals surface area (Å²) in [6, 6.07) is -0.147. The maximum atomic E-state index is 12.3. The molecule has 0 radical (unpaired) electrons. The van der Waals surface area contributed by atoms with Crippen molar-refractivity contribution in [2.45, 2.75) is 32.9 Å². The summed E-state index contributed by atoms with van der Waals surface area (Å²) in [6.07, 6.45) is -0.00698. The third-order valence-electron chi connectivity index (χ3n) is 3.88. The summed E-state index contributed by atoms with van der Waals surface area (Å²) in [6.45, 7) is 9.67. The Hall–Kier alpha value is -0.320. The molecule has 0 aromatic heterocycles. The van der Waals surface area contributed by atoms with Gasteiger partial charge in [0.05, 0.1) is 12.7 Å². The first-order valence-electron chi connectivity index (χ1n) is 6.23. The van der Waals surface area contributed by atoms with Crippen LogP contribution in [-0.4, -0.2) is 49.2 Å². The van der Waals surface area contributed by atoms with Crippen LogP contribution in [0.3, 0.4) is 0 Å². The molecule has 17 heavy (non-hydrogen) atoms. The van der Waals surface area contributed by atoms with Crippen molar-refractivity contribution in [2.75, 3.05) is 26.2 Å². The van der Waals surface area contributed by atoms with Crippen LogP contribution in [-0.2, 0) is 9.53 Å². The zero-order valence-corrected chi connectivity index (χ0v) is 11.6. The number of carbonyl (C=O) groups excluding carboxylic acids is 1. The summed E-state index contributed by atoms with van der Waals surface area (Å²) in [4.78, 5) is 14.3. The van der Waals surface area contributed by atoms with E-state index in [2.05, 4.69) is 19.2 Å². The number of hydrogen-bond donors (Lipinski definition) is 1. The first kappa shape index (κ1) is 14.7. The molecule has 0 aliphatic carbocycles. The van der Waals surface area contributed by atoms with Gasteiger partial charge in [0.1, 0.15) is 6.04 Å². The number of hydrogen-bond acceptors (Lipinski definition) is 3. The van der Waals surface area contributed by atoms with E-state index in [9.17, 15) is 4.79 Å². The number of amides is 1. The van der Waals surface area contributed by atoms with Gasteiger partial charge in [-0.05, 0) is 18.8 Å². The third kappa shape index (κ3) is 3.12. The molecule has 2 rings (SSSR count). The fourth-order valence-electron chi connectivity index (χ4n) is 2.52. The number of morpholine rings is 1. The Morgan fingerprint density at radius 3 is 2.35 bits per heavy atom. The van der Waals surface area contributed by atoms with Crippen LogP contribution in [0.4, 0.5) is 0 Å². The first-order chi connectivity index (χ1) is 7.59. The van der Waals surface area contributed by atoms with E-state index in [0.717, 1.165) is 19.6 Å². The molecule has 0 bridgehead atoms. The van der Waals surface area contributed by atoms with Crippen molar-refractivity contribution in [3.05, 3.63) is 0 Å². The van der Waals surface area contributed by atoms with Crippen molar-refractivity contribution in [2.24, 2.45) is 11.8 Å². The van der Waals surface area contributed by atoms with Crippen LogP contribution in [0.25, 0.3) is 0 Å². The minimum absolute atomic E-state index is 0. The van der Waals surface area contributed by atoms with Gasteiger partial charge in [0.2, 0.25) is 5.91 Å². The van der Waals surface area contributed by atoms with Gasteiger partial charge in [-0.25, -0.2) is 0 Å². The van der Waals surface area contributed by atoms with Crippen molar-refractivity contribution >= 4 is 18.3 Å². The number of halogens is 1. The van der Waals surface area contributed by atoms with Gasteiger partial charge in [0.25, 0.3) is 0 Å². The Balaban J connectivity index is 0.00000144. The summed E-state index contributed by atoms with van der Waals surface area (Å²) in [5, 5.41) is 3.26. The molecule has 4 nitrogen and oxygen atoms in total. The van der Waals surface area contributed by atoms with E-state index >= 15 is 0 Å². The topological polar surface area (TPSA) is 41.6 Å². The van der Waals surface area contributed by atoms with Crippen molar-refractivity contribution in [1.82, 2.24) is 10.2 Å². The third-order valence-corrected chi connectivity index (χ3v) is 3.88. The molecule has 1 amide bonds. The lowest BCUT2D eigenvalue weighted by Crippen LogP contribution is -2.56. The van der Waals surface area contributed by atoms with Crippen LogP contribution in [0.1, 0.15) is 20.8 Å². The average molecular weight is 263 g/mol. The molecule has 2 heterocycles. The van der Waals surface area contributed by atoms with E-state index in [0.29, 0.717) is 18.4 Å². The van der Waals surface area contributed by atoms with E-state index in [4.69, 9.17) is 4.74 Å². The molecule has 4 atom stereocenters. The number of nitrogens with zero attached hydrogens (tertiary/aromatic N) is 1. The molecule has 0 aromatic carbocycles. The molecule has 2 fully saturated rings. The average Bonchev–Trinajstić information content (AvgIpc) is 2.59. The molecule has 0 saturated carbocycles. The summed E-state index contributed by atoms with van der Waals surface area (Å²) in [5.41, 5.74) is 0. The maximum Gasteiger partial charge on any atom is 0.242 e. The molecular weight excluding hydrogens is 240 g/mol. The van der Waals surface area contributed by atoms with Crippen LogP contribution >= 0.6 is 12.4 Å². The minimum Gasteiger partial charge on any atom is -0.375 e. The van der Waals surface area contributed by atoms with Crippen LogP contribution in [0.15, 0.2) is 0 Å².